The van der Waals surface area contributed by atoms with Crippen molar-refractivity contribution in [2.45, 2.75) is 26.7 Å². The van der Waals surface area contributed by atoms with Crippen molar-refractivity contribution in [3.63, 3.8) is 0 Å². The fourth-order valence-electron chi connectivity index (χ4n) is 2.21. The van der Waals surface area contributed by atoms with Gasteiger partial charge < -0.3 is 5.11 Å². The molecule has 0 atom stereocenters. The summed E-state index contributed by atoms with van der Waals surface area (Å²) in [7, 11) is 0. The molecule has 0 spiro atoms. The van der Waals surface area contributed by atoms with Crippen LogP contribution in [0.5, 0.6) is 0 Å². The van der Waals surface area contributed by atoms with E-state index in [9.17, 15) is 4.79 Å². The summed E-state index contributed by atoms with van der Waals surface area (Å²) in [5.41, 5.74) is 2.60. The summed E-state index contributed by atoms with van der Waals surface area (Å²) in [5, 5.41) is 11.0. The summed E-state index contributed by atoms with van der Waals surface area (Å²) in [6.07, 6.45) is 2.13. The third kappa shape index (κ3) is 3.27. The Labute approximate surface area is 119 Å². The number of carboxylic acids is 1. The fourth-order valence-corrected chi connectivity index (χ4v) is 2.21. The van der Waals surface area contributed by atoms with Crippen LogP contribution < -0.4 is 0 Å². The van der Waals surface area contributed by atoms with Gasteiger partial charge in [-0.2, -0.15) is 0 Å². The average molecular weight is 268 g/mol. The number of allylic oxidation sites excluding steroid dienone is 1. The van der Waals surface area contributed by atoms with Gasteiger partial charge in [-0.25, -0.2) is 4.79 Å². The van der Waals surface area contributed by atoms with Gasteiger partial charge in [-0.15, -0.1) is 0 Å². The van der Waals surface area contributed by atoms with Crippen LogP contribution in [0.1, 0.15) is 42.6 Å². The van der Waals surface area contributed by atoms with Crippen molar-refractivity contribution < 1.29 is 9.90 Å². The highest BCUT2D eigenvalue weighted by Gasteiger charge is 2.06. The van der Waals surface area contributed by atoms with Crippen molar-refractivity contribution in [2.75, 3.05) is 0 Å². The van der Waals surface area contributed by atoms with E-state index in [0.717, 1.165) is 34.8 Å². The molecule has 2 rings (SSSR count). The van der Waals surface area contributed by atoms with Crippen LogP contribution in [-0.4, -0.2) is 11.1 Å². The molecule has 0 aromatic heterocycles. The van der Waals surface area contributed by atoms with E-state index in [1.807, 2.05) is 18.2 Å². The Morgan fingerprint density at radius 2 is 1.65 bits per heavy atom. The SMILES string of the molecule is C=C(CCC(C)C)c1ccc2cc(C(=O)O)ccc2c1. The zero-order valence-electron chi connectivity index (χ0n) is 12.0. The van der Waals surface area contributed by atoms with Crippen molar-refractivity contribution in [1.29, 1.82) is 0 Å². The molecule has 0 saturated heterocycles. The lowest BCUT2D eigenvalue weighted by atomic mass is 9.96. The predicted molar refractivity (Wildman–Crippen MR) is 84.0 cm³/mol. The van der Waals surface area contributed by atoms with E-state index >= 15 is 0 Å². The zero-order valence-corrected chi connectivity index (χ0v) is 12.0. The quantitative estimate of drug-likeness (QED) is 0.829. The smallest absolute Gasteiger partial charge is 0.335 e. The van der Waals surface area contributed by atoms with Gasteiger partial charge in [-0.3, -0.25) is 0 Å². The number of carbonyl (C=O) groups is 1. The molecule has 0 bridgehead atoms. The Kier molecular flexibility index (Phi) is 4.23. The summed E-state index contributed by atoms with van der Waals surface area (Å²) < 4.78 is 0. The number of fused-ring (bicyclic) bond motifs is 1. The molecule has 0 radical (unpaired) electrons. The second-order valence-corrected chi connectivity index (χ2v) is 5.62. The maximum Gasteiger partial charge on any atom is 0.335 e. The van der Waals surface area contributed by atoms with Crippen LogP contribution in [0, 0.1) is 5.92 Å². The molecule has 0 aliphatic heterocycles. The maximum atomic E-state index is 11.0. The Hall–Kier alpha value is -2.09. The van der Waals surface area contributed by atoms with Crippen LogP contribution in [0.2, 0.25) is 0 Å². The molecule has 0 amide bonds. The lowest BCUT2D eigenvalue weighted by Crippen LogP contribution is -1.95. The van der Waals surface area contributed by atoms with Gasteiger partial charge >= 0.3 is 5.97 Å². The third-order valence-corrected chi connectivity index (χ3v) is 3.52. The first-order valence-corrected chi connectivity index (χ1v) is 6.92. The molecule has 20 heavy (non-hydrogen) atoms. The van der Waals surface area contributed by atoms with Crippen LogP contribution in [0.3, 0.4) is 0 Å². The van der Waals surface area contributed by atoms with E-state index in [4.69, 9.17) is 5.11 Å². The van der Waals surface area contributed by atoms with Gasteiger partial charge in [0.2, 0.25) is 0 Å². The van der Waals surface area contributed by atoms with Crippen LogP contribution in [0.4, 0.5) is 0 Å². The molecule has 2 aromatic rings. The van der Waals surface area contributed by atoms with E-state index in [1.54, 1.807) is 12.1 Å². The molecule has 0 heterocycles. The van der Waals surface area contributed by atoms with Crippen molar-refractivity contribution in [2.24, 2.45) is 5.92 Å². The van der Waals surface area contributed by atoms with Gasteiger partial charge in [0, 0.05) is 0 Å². The van der Waals surface area contributed by atoms with Gasteiger partial charge in [0.25, 0.3) is 0 Å². The maximum absolute atomic E-state index is 11.0. The normalized spacial score (nSPS) is 10.9. The second-order valence-electron chi connectivity index (χ2n) is 5.62. The molecular formula is C18H20O2. The highest BCUT2D eigenvalue weighted by molar-refractivity contribution is 5.95. The summed E-state index contributed by atoms with van der Waals surface area (Å²) in [6, 6.07) is 11.3. The van der Waals surface area contributed by atoms with E-state index in [1.165, 1.54) is 0 Å². The van der Waals surface area contributed by atoms with Crippen molar-refractivity contribution >= 4 is 22.3 Å². The van der Waals surface area contributed by atoms with Crippen LogP contribution in [0.15, 0.2) is 43.0 Å². The summed E-state index contributed by atoms with van der Waals surface area (Å²) in [6.45, 7) is 8.57. The van der Waals surface area contributed by atoms with Gasteiger partial charge in [0.15, 0.2) is 0 Å². The molecular weight excluding hydrogens is 248 g/mol. The molecule has 0 fully saturated rings. The molecule has 104 valence electrons. The molecule has 2 nitrogen and oxygen atoms in total. The summed E-state index contributed by atoms with van der Waals surface area (Å²) >= 11 is 0. The standard InChI is InChI=1S/C18H20O2/c1-12(2)4-5-13(3)14-6-7-16-11-17(18(19)20)9-8-15(16)10-14/h6-12H,3-5H2,1-2H3,(H,19,20). The zero-order chi connectivity index (χ0) is 14.7. The van der Waals surface area contributed by atoms with Gasteiger partial charge in [0.05, 0.1) is 5.56 Å². The number of rotatable bonds is 5. The lowest BCUT2D eigenvalue weighted by molar-refractivity contribution is 0.0697. The monoisotopic (exact) mass is 268 g/mol. The van der Waals surface area contributed by atoms with Gasteiger partial charge in [-0.1, -0.05) is 38.6 Å². The van der Waals surface area contributed by atoms with Crippen LogP contribution in [-0.2, 0) is 0 Å². The molecule has 0 aliphatic carbocycles. The van der Waals surface area contributed by atoms with Crippen molar-refractivity contribution in [3.8, 4) is 0 Å². The van der Waals surface area contributed by atoms with E-state index in [2.05, 4.69) is 26.5 Å². The molecule has 2 heteroatoms. The van der Waals surface area contributed by atoms with Gasteiger partial charge in [0.1, 0.15) is 0 Å². The van der Waals surface area contributed by atoms with E-state index in [-0.39, 0.29) is 0 Å². The van der Waals surface area contributed by atoms with Crippen molar-refractivity contribution in [3.05, 3.63) is 54.1 Å². The minimum absolute atomic E-state index is 0.323. The predicted octanol–water partition coefficient (Wildman–Crippen LogP) is 4.99. The highest BCUT2D eigenvalue weighted by atomic mass is 16.4. The third-order valence-electron chi connectivity index (χ3n) is 3.52. The van der Waals surface area contributed by atoms with E-state index < -0.39 is 5.97 Å². The number of benzene rings is 2. The number of aromatic carboxylic acids is 1. The van der Waals surface area contributed by atoms with E-state index in [0.29, 0.717) is 11.5 Å². The highest BCUT2D eigenvalue weighted by Crippen LogP contribution is 2.25. The number of carboxylic acid groups (broad SMARTS) is 1. The molecule has 0 aliphatic rings. The first-order valence-electron chi connectivity index (χ1n) is 6.92. The molecule has 0 unspecified atom stereocenters. The summed E-state index contributed by atoms with van der Waals surface area (Å²) in [5.74, 6) is -0.220. The lowest BCUT2D eigenvalue weighted by Gasteiger charge is -2.09. The van der Waals surface area contributed by atoms with Crippen LogP contribution >= 0.6 is 0 Å². The minimum atomic E-state index is -0.891. The second kappa shape index (κ2) is 5.91. The minimum Gasteiger partial charge on any atom is -0.478 e. The molecule has 1 N–H and O–H groups in total. The Balaban J connectivity index is 2.28. The Morgan fingerprint density at radius 3 is 2.20 bits per heavy atom. The number of hydrogen-bond acceptors (Lipinski definition) is 1. The fraction of sp³-hybridized carbons (Fsp3) is 0.278. The number of hydrogen-bond donors (Lipinski definition) is 1. The first kappa shape index (κ1) is 14.3. The average Bonchev–Trinajstić information content (AvgIpc) is 2.43. The Morgan fingerprint density at radius 1 is 1.10 bits per heavy atom. The largest absolute Gasteiger partial charge is 0.478 e. The topological polar surface area (TPSA) is 37.3 Å². The molecule has 0 saturated carbocycles. The first-order chi connectivity index (χ1) is 9.47. The van der Waals surface area contributed by atoms with Crippen molar-refractivity contribution in [1.82, 2.24) is 0 Å². The Bertz CT molecular complexity index is 654. The summed E-state index contributed by atoms with van der Waals surface area (Å²) in [4.78, 5) is 11.0. The van der Waals surface area contributed by atoms with Crippen LogP contribution in [0.25, 0.3) is 16.3 Å². The van der Waals surface area contributed by atoms with Gasteiger partial charge in [-0.05, 0) is 58.9 Å². The molecule has 2 aromatic carbocycles.